The molecule has 208 valence electrons. The molecule has 0 bridgehead atoms. The van der Waals surface area contributed by atoms with Crippen LogP contribution < -0.4 is 16.0 Å². The van der Waals surface area contributed by atoms with Gasteiger partial charge in [0.05, 0.1) is 26.1 Å². The third kappa shape index (κ3) is 10.2. The van der Waals surface area contributed by atoms with E-state index in [2.05, 4.69) is 31.9 Å². The van der Waals surface area contributed by atoms with Crippen LogP contribution in [0.5, 0.6) is 0 Å². The van der Waals surface area contributed by atoms with E-state index < -0.39 is 23.4 Å². The Balaban J connectivity index is 1.89. The van der Waals surface area contributed by atoms with Crippen molar-refractivity contribution in [2.75, 3.05) is 38.0 Å². The highest BCUT2D eigenvalue weighted by molar-refractivity contribution is 9.10. The van der Waals surface area contributed by atoms with E-state index in [1.165, 1.54) is 0 Å². The zero-order valence-electron chi connectivity index (χ0n) is 22.0. The highest BCUT2D eigenvalue weighted by atomic mass is 79.9. The Labute approximate surface area is 231 Å². The molecule has 1 fully saturated rings. The number of likely N-dealkylation sites (tertiary alicyclic amines) is 1. The second-order valence-electron chi connectivity index (χ2n) is 9.92. The van der Waals surface area contributed by atoms with E-state index in [0.717, 1.165) is 0 Å². The number of nitrogens with zero attached hydrogens (tertiary/aromatic N) is 1. The molecule has 0 aromatic heterocycles. The molecule has 1 aromatic rings. The van der Waals surface area contributed by atoms with Crippen LogP contribution in [0, 0.1) is 11.3 Å². The average Bonchev–Trinajstić information content (AvgIpc) is 2.86. The zero-order chi connectivity index (χ0) is 28.3. The van der Waals surface area contributed by atoms with Crippen molar-refractivity contribution < 1.29 is 28.7 Å². The second-order valence-corrected chi connectivity index (χ2v) is 10.8. The minimum absolute atomic E-state index is 0.0365. The number of aldehydes is 1. The molecule has 1 aliphatic heterocycles. The summed E-state index contributed by atoms with van der Waals surface area (Å²) in [5.74, 6) is -1.47. The number of ether oxygens (including phenoxy) is 1. The summed E-state index contributed by atoms with van der Waals surface area (Å²) in [4.78, 5) is 60.2. The van der Waals surface area contributed by atoms with Gasteiger partial charge < -0.3 is 35.8 Å². The predicted octanol–water partition coefficient (Wildman–Crippen LogP) is 2.02. The topological polar surface area (TPSA) is 158 Å². The van der Waals surface area contributed by atoms with E-state index in [9.17, 15) is 24.0 Å². The van der Waals surface area contributed by atoms with Crippen LogP contribution >= 0.6 is 15.9 Å². The molecular weight excluding hydrogens is 558 g/mol. The summed E-state index contributed by atoms with van der Waals surface area (Å²) in [7, 11) is 0. The Morgan fingerprint density at radius 2 is 1.74 bits per heavy atom. The number of nitrogens with one attached hydrogen (secondary N) is 4. The Bertz CT molecular complexity index is 1050. The summed E-state index contributed by atoms with van der Waals surface area (Å²) in [6.07, 6.45) is 1.90. The number of piperidine rings is 1. The molecule has 1 aliphatic rings. The minimum atomic E-state index is -0.587. The van der Waals surface area contributed by atoms with Crippen LogP contribution in [0.1, 0.15) is 52.0 Å². The zero-order valence-corrected chi connectivity index (χ0v) is 23.6. The van der Waals surface area contributed by atoms with Gasteiger partial charge in [0.25, 0.3) is 0 Å². The van der Waals surface area contributed by atoms with Gasteiger partial charge >= 0.3 is 5.97 Å². The Morgan fingerprint density at radius 3 is 2.37 bits per heavy atom. The number of hydrogen-bond donors (Lipinski definition) is 4. The first-order chi connectivity index (χ1) is 17.9. The number of hydrogen-bond acceptors (Lipinski definition) is 8. The molecule has 0 atom stereocenters. The SMILES string of the molecule is CC(C)(C)OC(=O)CCC(=O)N1CCC(C(=N)c2c(Br)cccc2NCC(=O)NCC(=O)NCC=O)CC1. The smallest absolute Gasteiger partial charge is 0.306 e. The van der Waals surface area contributed by atoms with Gasteiger partial charge in [-0.25, -0.2) is 0 Å². The molecule has 0 saturated carbocycles. The fourth-order valence-corrected chi connectivity index (χ4v) is 4.54. The standard InChI is InChI=1S/C26H36BrN5O6/c1-26(2,3)38-23(37)8-7-22(36)32-12-9-17(10-13-32)25(28)24-18(27)5-4-6-19(24)30-15-21(35)31-16-20(34)29-11-14-33/h4-6,14,17,28,30H,7-13,15-16H2,1-3H3,(H,29,34)(H,31,35). The van der Waals surface area contributed by atoms with E-state index in [4.69, 9.17) is 10.1 Å². The van der Waals surface area contributed by atoms with Crippen LogP contribution in [0.2, 0.25) is 0 Å². The van der Waals surface area contributed by atoms with Crippen LogP contribution in [0.3, 0.4) is 0 Å². The molecule has 1 heterocycles. The van der Waals surface area contributed by atoms with Crippen LogP contribution in [0.25, 0.3) is 0 Å². The van der Waals surface area contributed by atoms with E-state index in [1.54, 1.807) is 37.8 Å². The molecule has 0 spiro atoms. The number of anilines is 1. The van der Waals surface area contributed by atoms with Gasteiger partial charge in [0.1, 0.15) is 11.9 Å². The van der Waals surface area contributed by atoms with Crippen molar-refractivity contribution in [3.8, 4) is 0 Å². The summed E-state index contributed by atoms with van der Waals surface area (Å²) in [5.41, 5.74) is 1.05. The van der Waals surface area contributed by atoms with Crippen LogP contribution in [-0.2, 0) is 28.7 Å². The van der Waals surface area contributed by atoms with Crippen molar-refractivity contribution in [1.29, 1.82) is 5.41 Å². The Hall–Kier alpha value is -3.28. The van der Waals surface area contributed by atoms with Crippen molar-refractivity contribution in [1.82, 2.24) is 15.5 Å². The van der Waals surface area contributed by atoms with Gasteiger partial charge in [-0.3, -0.25) is 19.2 Å². The maximum absolute atomic E-state index is 12.6. The number of esters is 1. The first kappa shape index (κ1) is 30.9. The maximum atomic E-state index is 12.6. The van der Waals surface area contributed by atoms with Crippen molar-refractivity contribution in [3.63, 3.8) is 0 Å². The number of benzene rings is 1. The number of carbonyl (C=O) groups is 5. The first-order valence-corrected chi connectivity index (χ1v) is 13.3. The number of amides is 3. The van der Waals surface area contributed by atoms with Gasteiger partial charge in [-0.1, -0.05) is 22.0 Å². The first-order valence-electron chi connectivity index (χ1n) is 12.5. The lowest BCUT2D eigenvalue weighted by molar-refractivity contribution is -0.156. The van der Waals surface area contributed by atoms with E-state index >= 15 is 0 Å². The van der Waals surface area contributed by atoms with Gasteiger partial charge in [-0.2, -0.15) is 0 Å². The molecule has 12 heteroatoms. The van der Waals surface area contributed by atoms with Gasteiger partial charge in [-0.15, -0.1) is 0 Å². The molecule has 0 aliphatic carbocycles. The lowest BCUT2D eigenvalue weighted by atomic mass is 9.87. The quantitative estimate of drug-likeness (QED) is 0.164. The summed E-state index contributed by atoms with van der Waals surface area (Å²) >= 11 is 3.51. The number of rotatable bonds is 12. The van der Waals surface area contributed by atoms with Crippen molar-refractivity contribution in [3.05, 3.63) is 28.2 Å². The minimum Gasteiger partial charge on any atom is -0.460 e. The normalized spacial score (nSPS) is 13.8. The van der Waals surface area contributed by atoms with Gasteiger partial charge in [0, 0.05) is 46.9 Å². The van der Waals surface area contributed by atoms with Crippen LogP contribution in [-0.4, -0.2) is 78.9 Å². The van der Waals surface area contributed by atoms with Crippen LogP contribution in [0.15, 0.2) is 22.7 Å². The molecular formula is C26H36BrN5O6. The van der Waals surface area contributed by atoms with E-state index in [0.29, 0.717) is 53.7 Å². The van der Waals surface area contributed by atoms with E-state index in [-0.39, 0.29) is 44.3 Å². The van der Waals surface area contributed by atoms with Gasteiger partial charge in [0.15, 0.2) is 0 Å². The average molecular weight is 595 g/mol. The van der Waals surface area contributed by atoms with Crippen molar-refractivity contribution in [2.45, 2.75) is 52.1 Å². The third-order valence-electron chi connectivity index (χ3n) is 5.77. The maximum Gasteiger partial charge on any atom is 0.306 e. The number of carbonyl (C=O) groups excluding carboxylic acids is 5. The summed E-state index contributed by atoms with van der Waals surface area (Å²) in [5, 5.41) is 16.7. The highest BCUT2D eigenvalue weighted by Gasteiger charge is 2.28. The number of halogens is 1. The molecule has 3 amide bonds. The molecule has 4 N–H and O–H groups in total. The monoisotopic (exact) mass is 593 g/mol. The molecule has 2 rings (SSSR count). The van der Waals surface area contributed by atoms with Crippen molar-refractivity contribution in [2.24, 2.45) is 5.92 Å². The largest absolute Gasteiger partial charge is 0.460 e. The van der Waals surface area contributed by atoms with Crippen molar-refractivity contribution >= 4 is 57.3 Å². The lowest BCUT2D eigenvalue weighted by Crippen LogP contribution is -2.41. The third-order valence-corrected chi connectivity index (χ3v) is 6.43. The van der Waals surface area contributed by atoms with Gasteiger partial charge in [0.2, 0.25) is 17.7 Å². The Morgan fingerprint density at radius 1 is 1.08 bits per heavy atom. The summed E-state index contributed by atoms with van der Waals surface area (Å²) in [6, 6.07) is 5.38. The molecule has 1 aromatic carbocycles. The Kier molecular flexibility index (Phi) is 11.9. The van der Waals surface area contributed by atoms with Crippen LogP contribution in [0.4, 0.5) is 5.69 Å². The molecule has 1 saturated heterocycles. The molecule has 0 radical (unpaired) electrons. The summed E-state index contributed by atoms with van der Waals surface area (Å²) in [6.45, 7) is 5.86. The van der Waals surface area contributed by atoms with Gasteiger partial charge in [-0.05, 0) is 45.7 Å². The molecule has 0 unspecified atom stereocenters. The molecule has 38 heavy (non-hydrogen) atoms. The highest BCUT2D eigenvalue weighted by Crippen LogP contribution is 2.31. The fourth-order valence-electron chi connectivity index (χ4n) is 3.96. The van der Waals surface area contributed by atoms with E-state index in [1.807, 2.05) is 6.07 Å². The lowest BCUT2D eigenvalue weighted by Gasteiger charge is -2.33. The second kappa shape index (κ2) is 14.6. The predicted molar refractivity (Wildman–Crippen MR) is 146 cm³/mol. The fraction of sp³-hybridized carbons (Fsp3) is 0.538. The molecule has 11 nitrogen and oxygen atoms in total. The summed E-state index contributed by atoms with van der Waals surface area (Å²) < 4.78 is 5.97.